The van der Waals surface area contributed by atoms with Crippen LogP contribution in [-0.4, -0.2) is 77.3 Å². The molecule has 2 aromatic heterocycles. The molecule has 0 saturated heterocycles. The summed E-state index contributed by atoms with van der Waals surface area (Å²) < 4.78 is 64.1. The molecule has 4 aromatic rings. The summed E-state index contributed by atoms with van der Waals surface area (Å²) in [6.07, 6.45) is 7.09. The van der Waals surface area contributed by atoms with Gasteiger partial charge in [-0.2, -0.15) is 14.5 Å². The van der Waals surface area contributed by atoms with Gasteiger partial charge in [-0.3, -0.25) is 9.36 Å². The minimum Gasteiger partial charge on any atom is -0.497 e. The van der Waals surface area contributed by atoms with Gasteiger partial charge in [-0.1, -0.05) is 24.3 Å². The quantitative estimate of drug-likeness (QED) is 0.209. The van der Waals surface area contributed by atoms with Crippen LogP contribution in [0.5, 0.6) is 11.5 Å². The van der Waals surface area contributed by atoms with E-state index in [1.807, 2.05) is 48.5 Å². The third-order valence-corrected chi connectivity index (χ3v) is 11.2. The van der Waals surface area contributed by atoms with E-state index < -0.39 is 32.3 Å². The minimum absolute atomic E-state index is 0.0244. The molecule has 260 valence electrons. The van der Waals surface area contributed by atoms with Crippen LogP contribution in [0.2, 0.25) is 0 Å². The molecule has 0 radical (unpaired) electrons. The Balaban J connectivity index is 0.000000250. The van der Waals surface area contributed by atoms with Crippen LogP contribution in [0.1, 0.15) is 61.7 Å². The molecule has 2 aliphatic carbocycles. The summed E-state index contributed by atoms with van der Waals surface area (Å²) in [5.41, 5.74) is 1.66. The molecule has 6 rings (SSSR count). The highest BCUT2D eigenvalue weighted by Crippen LogP contribution is 2.31. The number of nitrogens with two attached hydrogens (primary N) is 1. The summed E-state index contributed by atoms with van der Waals surface area (Å²) in [5, 5.41) is 32.8. The monoisotopic (exact) mass is 702 g/mol. The van der Waals surface area contributed by atoms with E-state index in [0.29, 0.717) is 17.9 Å². The molecule has 48 heavy (non-hydrogen) atoms. The summed E-state index contributed by atoms with van der Waals surface area (Å²) >= 11 is 0. The summed E-state index contributed by atoms with van der Waals surface area (Å²) in [7, 11) is -4.46. The second-order valence-electron chi connectivity index (χ2n) is 11.9. The maximum Gasteiger partial charge on any atom is 0.262 e. The highest BCUT2D eigenvalue weighted by atomic mass is 32.2. The van der Waals surface area contributed by atoms with Crippen LogP contribution in [0.4, 0.5) is 0 Å². The van der Waals surface area contributed by atoms with Gasteiger partial charge in [-0.05, 0) is 86.1 Å². The largest absolute Gasteiger partial charge is 0.497 e. The molecule has 0 bridgehead atoms. The van der Waals surface area contributed by atoms with Gasteiger partial charge in [-0.15, -0.1) is 0 Å². The van der Waals surface area contributed by atoms with Gasteiger partial charge in [-0.25, -0.2) is 22.0 Å². The van der Waals surface area contributed by atoms with Crippen molar-refractivity contribution in [2.75, 3.05) is 14.2 Å². The second-order valence-corrected chi connectivity index (χ2v) is 15.3. The van der Waals surface area contributed by atoms with Crippen molar-refractivity contribution in [3.8, 4) is 11.5 Å². The Kier molecular flexibility index (Phi) is 11.2. The molecule has 4 unspecified atom stereocenters. The number of aliphatic hydroxyl groups excluding tert-OH is 2. The molecule has 16 heteroatoms. The standard InChI is InChI=1S/C24H29N3O5S.C8H13N3O3S/c1-31-20-10-6-18(7-11-20)16-26(17-19-8-12-21(32-2)13-9-19)33(29,30)24-14-15-27(25-24)22-4-3-5-23(22)28;9-15(13,14)8-4-5-11(10-8)6-2-1-3-7(6)12/h6-15,22-23,28H,3-5,16-17H2,1-2H3;4-7,12H,1-3H2,(H2,9,13,14). The van der Waals surface area contributed by atoms with E-state index in [9.17, 15) is 27.0 Å². The molecule has 2 fully saturated rings. The molecular formula is C32H42N6O8S2. The van der Waals surface area contributed by atoms with E-state index in [4.69, 9.17) is 14.6 Å². The third-order valence-electron chi connectivity index (χ3n) is 8.67. The average Bonchev–Trinajstić information content (AvgIpc) is 3.89. The zero-order valence-corrected chi connectivity index (χ0v) is 28.5. The number of aliphatic hydroxyl groups is 2. The number of hydrogen-bond donors (Lipinski definition) is 3. The number of primary sulfonamides is 1. The topological polar surface area (TPSA) is 192 Å². The van der Waals surface area contributed by atoms with Crippen molar-refractivity contribution in [3.63, 3.8) is 0 Å². The van der Waals surface area contributed by atoms with Gasteiger partial charge in [0.25, 0.3) is 20.0 Å². The normalized spacial score (nSPS) is 21.2. The Morgan fingerprint density at radius 1 is 0.708 bits per heavy atom. The zero-order valence-electron chi connectivity index (χ0n) is 26.9. The lowest BCUT2D eigenvalue weighted by Crippen LogP contribution is -2.31. The Bertz CT molecular complexity index is 1810. The van der Waals surface area contributed by atoms with Crippen molar-refractivity contribution in [2.45, 2.75) is 86.0 Å². The average molecular weight is 703 g/mol. The lowest BCUT2D eigenvalue weighted by Gasteiger charge is -2.22. The van der Waals surface area contributed by atoms with Crippen molar-refractivity contribution in [3.05, 3.63) is 84.2 Å². The van der Waals surface area contributed by atoms with Crippen LogP contribution in [0.3, 0.4) is 0 Å². The molecule has 2 aliphatic rings. The molecule has 0 spiro atoms. The van der Waals surface area contributed by atoms with Gasteiger partial charge >= 0.3 is 0 Å². The number of aromatic nitrogens is 4. The van der Waals surface area contributed by atoms with Crippen molar-refractivity contribution < 1.29 is 36.5 Å². The minimum atomic E-state index is -3.90. The second kappa shape index (κ2) is 15.2. The van der Waals surface area contributed by atoms with Gasteiger partial charge in [0.1, 0.15) is 11.5 Å². The number of rotatable bonds is 11. The number of hydrogen-bond acceptors (Lipinski definition) is 10. The van der Waals surface area contributed by atoms with E-state index in [1.54, 1.807) is 31.3 Å². The van der Waals surface area contributed by atoms with Crippen molar-refractivity contribution >= 4 is 20.0 Å². The Hall–Kier alpha value is -3.80. The van der Waals surface area contributed by atoms with Gasteiger partial charge in [0, 0.05) is 25.5 Å². The molecule has 14 nitrogen and oxygen atoms in total. The first-order chi connectivity index (χ1) is 22.9. The smallest absolute Gasteiger partial charge is 0.262 e. The lowest BCUT2D eigenvalue weighted by molar-refractivity contribution is 0.129. The summed E-state index contributed by atoms with van der Waals surface area (Å²) in [6, 6.07) is 17.2. The van der Waals surface area contributed by atoms with Gasteiger partial charge in [0.05, 0.1) is 38.5 Å². The van der Waals surface area contributed by atoms with Crippen LogP contribution in [0.25, 0.3) is 0 Å². The number of nitrogens with zero attached hydrogens (tertiary/aromatic N) is 5. The van der Waals surface area contributed by atoms with E-state index in [2.05, 4.69) is 10.2 Å². The lowest BCUT2D eigenvalue weighted by atomic mass is 10.2. The zero-order chi connectivity index (χ0) is 34.5. The van der Waals surface area contributed by atoms with Crippen molar-refractivity contribution in [2.24, 2.45) is 5.14 Å². The predicted molar refractivity (Wildman–Crippen MR) is 176 cm³/mol. The van der Waals surface area contributed by atoms with Crippen LogP contribution >= 0.6 is 0 Å². The van der Waals surface area contributed by atoms with Crippen molar-refractivity contribution in [1.82, 2.24) is 23.9 Å². The highest BCUT2D eigenvalue weighted by molar-refractivity contribution is 7.89. The van der Waals surface area contributed by atoms with Gasteiger partial charge < -0.3 is 19.7 Å². The van der Waals surface area contributed by atoms with E-state index in [1.165, 1.54) is 21.1 Å². The molecular weight excluding hydrogens is 661 g/mol. The Labute approximate surface area is 280 Å². The first-order valence-electron chi connectivity index (χ1n) is 15.6. The number of sulfonamides is 2. The maximum absolute atomic E-state index is 13.6. The molecule has 2 saturated carbocycles. The fourth-order valence-corrected chi connectivity index (χ4v) is 7.78. The molecule has 4 atom stereocenters. The predicted octanol–water partition coefficient (Wildman–Crippen LogP) is 2.99. The SMILES string of the molecule is COc1ccc(CN(Cc2ccc(OC)cc2)S(=O)(=O)c2ccn(C3CCCC3O)n2)cc1.NS(=O)(=O)c1ccn(C2CCCC2O)n1. The molecule has 2 heterocycles. The van der Waals surface area contributed by atoms with E-state index in [-0.39, 0.29) is 35.2 Å². The maximum atomic E-state index is 13.6. The number of ether oxygens (including phenoxy) is 2. The van der Waals surface area contributed by atoms with Crippen LogP contribution in [-0.2, 0) is 33.1 Å². The van der Waals surface area contributed by atoms with E-state index >= 15 is 0 Å². The van der Waals surface area contributed by atoms with Crippen LogP contribution in [0, 0.1) is 0 Å². The third kappa shape index (κ3) is 8.43. The summed E-state index contributed by atoms with van der Waals surface area (Å²) in [6.45, 7) is 0.356. The molecule has 0 amide bonds. The van der Waals surface area contributed by atoms with E-state index in [0.717, 1.165) is 43.2 Å². The number of methoxy groups -OCH3 is 2. The molecule has 0 aliphatic heterocycles. The Morgan fingerprint density at radius 3 is 1.48 bits per heavy atom. The van der Waals surface area contributed by atoms with Crippen LogP contribution in [0.15, 0.2) is 83.1 Å². The van der Waals surface area contributed by atoms with Crippen molar-refractivity contribution in [1.29, 1.82) is 0 Å². The Morgan fingerprint density at radius 2 is 1.12 bits per heavy atom. The van der Waals surface area contributed by atoms with Gasteiger partial charge in [0.2, 0.25) is 0 Å². The highest BCUT2D eigenvalue weighted by Gasteiger charge is 2.32. The number of benzene rings is 2. The summed E-state index contributed by atoms with van der Waals surface area (Å²) in [4.78, 5) is 0. The first kappa shape index (κ1) is 35.5. The van der Waals surface area contributed by atoms with Crippen LogP contribution < -0.4 is 14.6 Å². The fourth-order valence-electron chi connectivity index (χ4n) is 5.99. The first-order valence-corrected chi connectivity index (χ1v) is 18.6. The van der Waals surface area contributed by atoms with Gasteiger partial charge in [0.15, 0.2) is 10.1 Å². The molecule has 2 aromatic carbocycles. The molecule has 4 N–H and O–H groups in total. The fraction of sp³-hybridized carbons (Fsp3) is 0.438. The summed E-state index contributed by atoms with van der Waals surface area (Å²) in [5.74, 6) is 1.41.